The highest BCUT2D eigenvalue weighted by atomic mass is 32.1. The summed E-state index contributed by atoms with van der Waals surface area (Å²) in [6, 6.07) is 14.8. The van der Waals surface area contributed by atoms with E-state index >= 15 is 0 Å². The molecule has 0 atom stereocenters. The van der Waals surface area contributed by atoms with Crippen LogP contribution in [0.3, 0.4) is 0 Å². The molecule has 8 heteroatoms. The van der Waals surface area contributed by atoms with Gasteiger partial charge in [0.15, 0.2) is 0 Å². The average Bonchev–Trinajstić information content (AvgIpc) is 3.14. The van der Waals surface area contributed by atoms with Crippen LogP contribution in [0.15, 0.2) is 54.7 Å². The van der Waals surface area contributed by atoms with Crippen LogP contribution < -0.4 is 10.6 Å². The van der Waals surface area contributed by atoms with Gasteiger partial charge in [0.1, 0.15) is 0 Å². The number of carbonyl (C=O) groups excluding carboxylic acids is 2. The number of para-hydroxylation sites is 2. The molecule has 2 amide bonds. The van der Waals surface area contributed by atoms with Crippen molar-refractivity contribution >= 4 is 45.8 Å². The van der Waals surface area contributed by atoms with Crippen LogP contribution in [-0.4, -0.2) is 26.2 Å². The molecule has 2 N–H and O–H groups in total. The second-order valence-electron chi connectivity index (χ2n) is 8.83. The van der Waals surface area contributed by atoms with E-state index in [0.717, 1.165) is 21.6 Å². The lowest BCUT2D eigenvalue weighted by atomic mass is 9.95. The summed E-state index contributed by atoms with van der Waals surface area (Å²) in [5, 5.41) is 5.81. The summed E-state index contributed by atoms with van der Waals surface area (Å²) in [7, 11) is 0. The van der Waals surface area contributed by atoms with E-state index in [1.807, 2.05) is 52.0 Å². The summed E-state index contributed by atoms with van der Waals surface area (Å²) >= 11 is 1.30. The Morgan fingerprint density at radius 3 is 2.24 bits per heavy atom. The van der Waals surface area contributed by atoms with E-state index in [4.69, 9.17) is 0 Å². The number of aromatic nitrogens is 3. The van der Waals surface area contributed by atoms with Gasteiger partial charge in [-0.2, -0.15) is 4.37 Å². The first-order valence-electron chi connectivity index (χ1n) is 10.6. The van der Waals surface area contributed by atoms with Crippen molar-refractivity contribution < 1.29 is 9.59 Å². The molecule has 2 aromatic carbocycles. The van der Waals surface area contributed by atoms with Crippen LogP contribution in [0.25, 0.3) is 11.0 Å². The summed E-state index contributed by atoms with van der Waals surface area (Å²) in [6.45, 7) is 7.39. The molecule has 0 unspecified atom stereocenters. The summed E-state index contributed by atoms with van der Waals surface area (Å²) in [6.07, 6.45) is 2.22. The quantitative estimate of drug-likeness (QED) is 0.426. The van der Waals surface area contributed by atoms with Gasteiger partial charge >= 0.3 is 0 Å². The molecule has 0 aliphatic carbocycles. The predicted octanol–water partition coefficient (Wildman–Crippen LogP) is 5.22. The topological polar surface area (TPSA) is 96.9 Å². The molecule has 0 fully saturated rings. The van der Waals surface area contributed by atoms with E-state index in [9.17, 15) is 9.59 Å². The molecule has 168 valence electrons. The molecular weight excluding hydrogens is 434 g/mol. The number of fused-ring (bicyclic) bond motifs is 1. The molecule has 2 aromatic heterocycles. The van der Waals surface area contributed by atoms with Crippen LogP contribution in [-0.2, 0) is 11.2 Å². The van der Waals surface area contributed by atoms with Crippen molar-refractivity contribution in [2.75, 3.05) is 10.6 Å². The van der Waals surface area contributed by atoms with Crippen LogP contribution in [0.4, 0.5) is 11.4 Å². The maximum absolute atomic E-state index is 13.1. The molecular formula is C25H25N5O2S. The van der Waals surface area contributed by atoms with E-state index in [1.165, 1.54) is 11.5 Å². The maximum Gasteiger partial charge on any atom is 0.258 e. The molecule has 0 radical (unpaired) electrons. The SMILES string of the molecule is Cc1nsc(Cc2cnc3ccccc3n2)c1C(=O)Nc1ccc(NC(=O)C(C)(C)C)cc1. The minimum atomic E-state index is -0.484. The highest BCUT2D eigenvalue weighted by Crippen LogP contribution is 2.24. The Morgan fingerprint density at radius 1 is 0.939 bits per heavy atom. The first-order chi connectivity index (χ1) is 15.7. The Morgan fingerprint density at radius 2 is 1.58 bits per heavy atom. The van der Waals surface area contributed by atoms with Gasteiger partial charge in [0.25, 0.3) is 5.91 Å². The first kappa shape index (κ1) is 22.5. The number of hydrogen-bond donors (Lipinski definition) is 2. The maximum atomic E-state index is 13.1. The smallest absolute Gasteiger partial charge is 0.258 e. The third-order valence-corrected chi connectivity index (χ3v) is 6.02. The largest absolute Gasteiger partial charge is 0.326 e. The van der Waals surface area contributed by atoms with Gasteiger partial charge in [-0.1, -0.05) is 32.9 Å². The molecule has 33 heavy (non-hydrogen) atoms. The van der Waals surface area contributed by atoms with Gasteiger partial charge in [-0.3, -0.25) is 14.6 Å². The molecule has 0 bridgehead atoms. The zero-order valence-corrected chi connectivity index (χ0v) is 19.8. The summed E-state index contributed by atoms with van der Waals surface area (Å²) in [5.74, 6) is -0.294. The Bertz CT molecular complexity index is 1320. The minimum absolute atomic E-state index is 0.0688. The Labute approximate surface area is 196 Å². The fourth-order valence-electron chi connectivity index (χ4n) is 3.22. The number of hydrogen-bond acceptors (Lipinski definition) is 6. The third-order valence-electron chi connectivity index (χ3n) is 5.08. The summed E-state index contributed by atoms with van der Waals surface area (Å²) in [4.78, 5) is 35.2. The molecule has 0 saturated carbocycles. The van der Waals surface area contributed by atoms with Gasteiger partial charge < -0.3 is 10.6 Å². The van der Waals surface area contributed by atoms with Gasteiger partial charge in [-0.05, 0) is 54.9 Å². The predicted molar refractivity (Wildman–Crippen MR) is 132 cm³/mol. The van der Waals surface area contributed by atoms with Crippen molar-refractivity contribution in [2.45, 2.75) is 34.1 Å². The number of rotatable bonds is 5. The van der Waals surface area contributed by atoms with Gasteiger partial charge in [-0.25, -0.2) is 4.98 Å². The highest BCUT2D eigenvalue weighted by Gasteiger charge is 2.22. The number of nitrogens with zero attached hydrogens (tertiary/aromatic N) is 3. The number of anilines is 2. The Balaban J connectivity index is 1.48. The van der Waals surface area contributed by atoms with Crippen molar-refractivity contribution in [3.05, 3.63) is 76.6 Å². The fourth-order valence-corrected chi connectivity index (χ4v) is 4.11. The van der Waals surface area contributed by atoms with E-state index in [-0.39, 0.29) is 11.8 Å². The van der Waals surface area contributed by atoms with E-state index in [2.05, 4.69) is 25.0 Å². The highest BCUT2D eigenvalue weighted by molar-refractivity contribution is 7.06. The Kier molecular flexibility index (Phi) is 6.20. The molecule has 0 spiro atoms. The Hall–Kier alpha value is -3.65. The second-order valence-corrected chi connectivity index (χ2v) is 9.69. The van der Waals surface area contributed by atoms with Crippen molar-refractivity contribution in [2.24, 2.45) is 5.41 Å². The minimum Gasteiger partial charge on any atom is -0.326 e. The van der Waals surface area contributed by atoms with Crippen LogP contribution >= 0.6 is 11.5 Å². The first-order valence-corrected chi connectivity index (χ1v) is 11.4. The molecule has 4 rings (SSSR count). The van der Waals surface area contributed by atoms with E-state index in [0.29, 0.717) is 29.1 Å². The molecule has 4 aromatic rings. The number of aryl methyl sites for hydroxylation is 1. The zero-order valence-electron chi connectivity index (χ0n) is 19.0. The van der Waals surface area contributed by atoms with Gasteiger partial charge in [0, 0.05) is 34.3 Å². The van der Waals surface area contributed by atoms with Crippen LogP contribution in [0.1, 0.15) is 47.4 Å². The van der Waals surface area contributed by atoms with Gasteiger partial charge in [0.05, 0.1) is 28.0 Å². The molecule has 7 nitrogen and oxygen atoms in total. The number of benzene rings is 2. The summed E-state index contributed by atoms with van der Waals surface area (Å²) in [5.41, 5.74) is 4.50. The lowest BCUT2D eigenvalue weighted by Gasteiger charge is -2.17. The molecule has 2 heterocycles. The number of nitrogens with one attached hydrogen (secondary N) is 2. The lowest BCUT2D eigenvalue weighted by molar-refractivity contribution is -0.123. The van der Waals surface area contributed by atoms with Gasteiger partial charge in [-0.15, -0.1) is 0 Å². The zero-order chi connectivity index (χ0) is 23.6. The normalized spacial score (nSPS) is 11.4. The van der Waals surface area contributed by atoms with Crippen LogP contribution in [0.5, 0.6) is 0 Å². The molecule has 0 saturated heterocycles. The van der Waals surface area contributed by atoms with Crippen molar-refractivity contribution in [1.82, 2.24) is 14.3 Å². The van der Waals surface area contributed by atoms with E-state index in [1.54, 1.807) is 30.5 Å². The van der Waals surface area contributed by atoms with Crippen molar-refractivity contribution in [3.63, 3.8) is 0 Å². The van der Waals surface area contributed by atoms with Crippen molar-refractivity contribution in [1.29, 1.82) is 0 Å². The van der Waals surface area contributed by atoms with Crippen molar-refractivity contribution in [3.8, 4) is 0 Å². The van der Waals surface area contributed by atoms with E-state index < -0.39 is 5.41 Å². The molecule has 0 aliphatic rings. The monoisotopic (exact) mass is 459 g/mol. The third kappa shape index (κ3) is 5.23. The van der Waals surface area contributed by atoms with Crippen LogP contribution in [0.2, 0.25) is 0 Å². The van der Waals surface area contributed by atoms with Crippen LogP contribution in [0, 0.1) is 12.3 Å². The lowest BCUT2D eigenvalue weighted by Crippen LogP contribution is -2.27. The fraction of sp³-hybridized carbons (Fsp3) is 0.240. The summed E-state index contributed by atoms with van der Waals surface area (Å²) < 4.78 is 4.39. The molecule has 0 aliphatic heterocycles. The number of amides is 2. The van der Waals surface area contributed by atoms with Gasteiger partial charge in [0.2, 0.25) is 5.91 Å². The standard InChI is InChI=1S/C25H25N5O2S/c1-15-22(21(33-30-15)13-18-14-26-19-7-5-6-8-20(19)27-18)23(31)28-16-9-11-17(12-10-16)29-24(32)25(2,3)4/h5-12,14H,13H2,1-4H3,(H,28,31)(H,29,32). The number of carbonyl (C=O) groups is 2. The second kappa shape index (κ2) is 9.07. The average molecular weight is 460 g/mol.